The van der Waals surface area contributed by atoms with Crippen molar-refractivity contribution < 1.29 is 9.13 Å². The van der Waals surface area contributed by atoms with Gasteiger partial charge in [0.25, 0.3) is 0 Å². The maximum atomic E-state index is 13.3. The van der Waals surface area contributed by atoms with Crippen molar-refractivity contribution >= 4 is 11.6 Å². The van der Waals surface area contributed by atoms with Gasteiger partial charge in [-0.15, -0.1) is 0 Å². The predicted octanol–water partition coefficient (Wildman–Crippen LogP) is 3.77. The SMILES string of the molecule is CC(C)NCCCCOCc1cc(Cl)ccc1F. The lowest BCUT2D eigenvalue weighted by Crippen LogP contribution is -2.23. The van der Waals surface area contributed by atoms with Gasteiger partial charge in [-0.2, -0.15) is 0 Å². The fourth-order valence-corrected chi connectivity index (χ4v) is 1.75. The molecule has 0 aromatic heterocycles. The molecule has 2 nitrogen and oxygen atoms in total. The third-order valence-electron chi connectivity index (χ3n) is 2.53. The van der Waals surface area contributed by atoms with Gasteiger partial charge in [0, 0.05) is 23.2 Å². The lowest BCUT2D eigenvalue weighted by molar-refractivity contribution is 0.115. The molecule has 18 heavy (non-hydrogen) atoms. The quantitative estimate of drug-likeness (QED) is 0.728. The third-order valence-corrected chi connectivity index (χ3v) is 2.77. The van der Waals surface area contributed by atoms with Crippen LogP contribution in [0.2, 0.25) is 5.02 Å². The average Bonchev–Trinajstić information content (AvgIpc) is 2.32. The van der Waals surface area contributed by atoms with Crippen molar-refractivity contribution in [3.05, 3.63) is 34.6 Å². The van der Waals surface area contributed by atoms with E-state index in [2.05, 4.69) is 19.2 Å². The number of benzene rings is 1. The Morgan fingerprint density at radius 2 is 2.11 bits per heavy atom. The molecule has 0 aliphatic heterocycles. The minimum absolute atomic E-state index is 0.263. The molecule has 0 fully saturated rings. The molecule has 0 unspecified atom stereocenters. The van der Waals surface area contributed by atoms with Crippen LogP contribution in [0.15, 0.2) is 18.2 Å². The van der Waals surface area contributed by atoms with Crippen LogP contribution in [0.1, 0.15) is 32.3 Å². The van der Waals surface area contributed by atoms with Crippen molar-refractivity contribution in [3.8, 4) is 0 Å². The molecular formula is C14H21ClFNO. The van der Waals surface area contributed by atoms with Gasteiger partial charge >= 0.3 is 0 Å². The number of unbranched alkanes of at least 4 members (excludes halogenated alkanes) is 1. The summed E-state index contributed by atoms with van der Waals surface area (Å²) in [6, 6.07) is 5.04. The van der Waals surface area contributed by atoms with E-state index in [1.807, 2.05) is 0 Å². The number of hydrogen-bond acceptors (Lipinski definition) is 2. The van der Waals surface area contributed by atoms with Crippen molar-refractivity contribution in [2.75, 3.05) is 13.2 Å². The summed E-state index contributed by atoms with van der Waals surface area (Å²) in [6.45, 7) is 6.17. The van der Waals surface area contributed by atoms with E-state index in [-0.39, 0.29) is 12.4 Å². The van der Waals surface area contributed by atoms with Crippen molar-refractivity contribution in [2.45, 2.75) is 39.3 Å². The van der Waals surface area contributed by atoms with E-state index < -0.39 is 0 Å². The molecule has 1 N–H and O–H groups in total. The Labute approximate surface area is 113 Å². The molecule has 0 spiro atoms. The first-order chi connectivity index (χ1) is 8.59. The first-order valence-corrected chi connectivity index (χ1v) is 6.72. The molecule has 1 aromatic rings. The third kappa shape index (κ3) is 6.34. The standard InChI is InChI=1S/C14H21ClFNO/c1-11(2)17-7-3-4-8-18-10-12-9-13(15)5-6-14(12)16/h5-6,9,11,17H,3-4,7-8,10H2,1-2H3. The van der Waals surface area contributed by atoms with Gasteiger partial charge in [0.2, 0.25) is 0 Å². The largest absolute Gasteiger partial charge is 0.377 e. The van der Waals surface area contributed by atoms with Gasteiger partial charge in [0.1, 0.15) is 5.82 Å². The fraction of sp³-hybridized carbons (Fsp3) is 0.571. The summed E-state index contributed by atoms with van der Waals surface area (Å²) in [5.41, 5.74) is 0.516. The van der Waals surface area contributed by atoms with Gasteiger partial charge in [-0.25, -0.2) is 4.39 Å². The van der Waals surface area contributed by atoms with Crippen molar-refractivity contribution in [1.29, 1.82) is 0 Å². The Morgan fingerprint density at radius 1 is 1.33 bits per heavy atom. The number of rotatable bonds is 8. The van der Waals surface area contributed by atoms with Gasteiger partial charge in [0.15, 0.2) is 0 Å². The molecule has 0 saturated heterocycles. The Bertz CT molecular complexity index is 358. The van der Waals surface area contributed by atoms with E-state index in [0.29, 0.717) is 23.2 Å². The highest BCUT2D eigenvalue weighted by molar-refractivity contribution is 6.30. The van der Waals surface area contributed by atoms with Crippen LogP contribution < -0.4 is 5.32 Å². The lowest BCUT2D eigenvalue weighted by Gasteiger charge is -2.08. The summed E-state index contributed by atoms with van der Waals surface area (Å²) in [6.07, 6.45) is 2.04. The zero-order valence-corrected chi connectivity index (χ0v) is 11.8. The molecule has 0 radical (unpaired) electrons. The Balaban J connectivity index is 2.12. The van der Waals surface area contributed by atoms with Crippen LogP contribution in [-0.4, -0.2) is 19.2 Å². The topological polar surface area (TPSA) is 21.3 Å². The fourth-order valence-electron chi connectivity index (χ4n) is 1.56. The molecule has 0 aliphatic rings. The number of hydrogen-bond donors (Lipinski definition) is 1. The molecule has 0 atom stereocenters. The van der Waals surface area contributed by atoms with E-state index >= 15 is 0 Å². The van der Waals surface area contributed by atoms with Crippen LogP contribution >= 0.6 is 11.6 Å². The molecule has 102 valence electrons. The average molecular weight is 274 g/mol. The smallest absolute Gasteiger partial charge is 0.128 e. The van der Waals surface area contributed by atoms with E-state index in [1.54, 1.807) is 6.07 Å². The second-order valence-electron chi connectivity index (χ2n) is 4.60. The molecule has 0 aliphatic carbocycles. The molecule has 0 heterocycles. The van der Waals surface area contributed by atoms with E-state index in [0.717, 1.165) is 19.4 Å². The van der Waals surface area contributed by atoms with Gasteiger partial charge in [-0.1, -0.05) is 25.4 Å². The van der Waals surface area contributed by atoms with Crippen molar-refractivity contribution in [2.24, 2.45) is 0 Å². The number of halogens is 2. The maximum absolute atomic E-state index is 13.3. The summed E-state index contributed by atoms with van der Waals surface area (Å²) < 4.78 is 18.8. The van der Waals surface area contributed by atoms with Gasteiger partial charge in [-0.05, 0) is 37.6 Å². The number of nitrogens with one attached hydrogen (secondary N) is 1. The zero-order valence-electron chi connectivity index (χ0n) is 11.0. The molecule has 0 bridgehead atoms. The Kier molecular flexibility index (Phi) is 7.25. The van der Waals surface area contributed by atoms with Crippen LogP contribution in [0.25, 0.3) is 0 Å². The summed E-state index contributed by atoms with van der Waals surface area (Å²) in [5, 5.41) is 3.88. The van der Waals surface area contributed by atoms with Crippen LogP contribution in [0.3, 0.4) is 0 Å². The second-order valence-corrected chi connectivity index (χ2v) is 5.04. The van der Waals surface area contributed by atoms with E-state index in [4.69, 9.17) is 16.3 Å². The number of ether oxygens (including phenoxy) is 1. The molecular weight excluding hydrogens is 253 g/mol. The van der Waals surface area contributed by atoms with E-state index in [1.165, 1.54) is 12.1 Å². The highest BCUT2D eigenvalue weighted by atomic mass is 35.5. The van der Waals surface area contributed by atoms with Crippen molar-refractivity contribution in [1.82, 2.24) is 5.32 Å². The Hall–Kier alpha value is -0.640. The Morgan fingerprint density at radius 3 is 2.83 bits per heavy atom. The molecule has 0 saturated carbocycles. The van der Waals surface area contributed by atoms with Crippen LogP contribution in [0.5, 0.6) is 0 Å². The monoisotopic (exact) mass is 273 g/mol. The van der Waals surface area contributed by atoms with Crippen LogP contribution in [-0.2, 0) is 11.3 Å². The lowest BCUT2D eigenvalue weighted by atomic mass is 10.2. The first-order valence-electron chi connectivity index (χ1n) is 6.34. The van der Waals surface area contributed by atoms with Crippen LogP contribution in [0.4, 0.5) is 4.39 Å². The zero-order chi connectivity index (χ0) is 13.4. The summed E-state index contributed by atoms with van der Waals surface area (Å²) >= 11 is 5.80. The van der Waals surface area contributed by atoms with E-state index in [9.17, 15) is 4.39 Å². The van der Waals surface area contributed by atoms with Gasteiger partial charge < -0.3 is 10.1 Å². The van der Waals surface area contributed by atoms with Gasteiger partial charge in [-0.3, -0.25) is 0 Å². The molecule has 4 heteroatoms. The van der Waals surface area contributed by atoms with Crippen LogP contribution in [0, 0.1) is 5.82 Å². The molecule has 1 rings (SSSR count). The summed E-state index contributed by atoms with van der Waals surface area (Å²) in [4.78, 5) is 0. The minimum Gasteiger partial charge on any atom is -0.377 e. The summed E-state index contributed by atoms with van der Waals surface area (Å²) in [7, 11) is 0. The molecule has 0 amide bonds. The second kappa shape index (κ2) is 8.46. The predicted molar refractivity (Wildman–Crippen MR) is 73.4 cm³/mol. The van der Waals surface area contributed by atoms with Gasteiger partial charge in [0.05, 0.1) is 6.61 Å². The summed E-state index contributed by atoms with van der Waals surface area (Å²) in [5.74, 6) is -0.263. The first kappa shape index (κ1) is 15.4. The molecule has 1 aromatic carbocycles. The maximum Gasteiger partial charge on any atom is 0.128 e. The van der Waals surface area contributed by atoms with Crippen molar-refractivity contribution in [3.63, 3.8) is 0 Å². The minimum atomic E-state index is -0.263. The normalized spacial score (nSPS) is 11.2. The highest BCUT2D eigenvalue weighted by Gasteiger charge is 2.02. The highest BCUT2D eigenvalue weighted by Crippen LogP contribution is 2.15.